The average Bonchev–Trinajstić information content (AvgIpc) is 3.06. The molecule has 180 valence electrons. The van der Waals surface area contributed by atoms with Gasteiger partial charge in [-0.05, 0) is 50.7 Å². The smallest absolute Gasteiger partial charge is 0.294 e. The van der Waals surface area contributed by atoms with E-state index in [-0.39, 0.29) is 30.6 Å². The third kappa shape index (κ3) is 4.68. The zero-order chi connectivity index (χ0) is 22.8. The minimum absolute atomic E-state index is 0.0997. The van der Waals surface area contributed by atoms with Crippen molar-refractivity contribution in [3.8, 4) is 0 Å². The van der Waals surface area contributed by atoms with E-state index < -0.39 is 6.10 Å². The average molecular weight is 455 g/mol. The largest absolute Gasteiger partial charge is 0.394 e. The number of nitrogens with zero attached hydrogens (tertiary/aromatic N) is 3. The molecule has 0 unspecified atom stereocenters. The lowest BCUT2D eigenvalue weighted by molar-refractivity contribution is 0.0498. The van der Waals surface area contributed by atoms with E-state index in [1.165, 1.54) is 57.8 Å². The van der Waals surface area contributed by atoms with Crippen LogP contribution in [0.5, 0.6) is 0 Å². The van der Waals surface area contributed by atoms with Crippen LogP contribution in [-0.2, 0) is 0 Å². The maximum Gasteiger partial charge on any atom is 0.294 e. The molecule has 1 aromatic carbocycles. The topological polar surface area (TPSA) is 90.6 Å². The predicted octanol–water partition coefficient (Wildman–Crippen LogP) is 3.44. The first-order valence-electron chi connectivity index (χ1n) is 13.0. The summed E-state index contributed by atoms with van der Waals surface area (Å²) in [5, 5.41) is 21.9. The highest BCUT2D eigenvalue weighted by Gasteiger charge is 2.44. The molecular weight excluding hydrogens is 416 g/mol. The molecule has 2 aliphatic heterocycles. The summed E-state index contributed by atoms with van der Waals surface area (Å²) in [6.45, 7) is -0.250. The van der Waals surface area contributed by atoms with Crippen LogP contribution >= 0.6 is 0 Å². The number of hydrogen-bond acceptors (Lipinski definition) is 6. The third-order valence-electron chi connectivity index (χ3n) is 8.14. The van der Waals surface area contributed by atoms with Crippen LogP contribution in [0.25, 0.3) is 11.0 Å². The number of piperidine rings is 1. The van der Waals surface area contributed by atoms with Crippen molar-refractivity contribution in [3.05, 3.63) is 34.6 Å². The molecule has 0 spiro atoms. The molecule has 5 rings (SSSR count). The highest BCUT2D eigenvalue weighted by Crippen LogP contribution is 2.44. The molecule has 3 aliphatic rings. The molecule has 0 radical (unpaired) electrons. The molecular formula is C26H38N4O3. The molecule has 2 saturated heterocycles. The Morgan fingerprint density at radius 2 is 1.61 bits per heavy atom. The van der Waals surface area contributed by atoms with E-state index in [1.54, 1.807) is 0 Å². The maximum absolute atomic E-state index is 13.6. The summed E-state index contributed by atoms with van der Waals surface area (Å²) in [5.74, 6) is 0.260. The third-order valence-corrected chi connectivity index (χ3v) is 8.14. The van der Waals surface area contributed by atoms with Crippen molar-refractivity contribution in [2.75, 3.05) is 18.5 Å². The fraction of sp³-hybridized carbons (Fsp3) is 0.692. The Morgan fingerprint density at radius 3 is 2.30 bits per heavy atom. The highest BCUT2D eigenvalue weighted by atomic mass is 16.3. The first kappa shape index (κ1) is 22.8. The summed E-state index contributed by atoms with van der Waals surface area (Å²) in [7, 11) is 0. The number of hydrogen-bond donors (Lipinski definition) is 3. The van der Waals surface area contributed by atoms with Gasteiger partial charge in [-0.15, -0.1) is 0 Å². The van der Waals surface area contributed by atoms with E-state index in [1.807, 2.05) is 28.8 Å². The zero-order valence-corrected chi connectivity index (χ0v) is 19.5. The first-order chi connectivity index (χ1) is 16.2. The van der Waals surface area contributed by atoms with E-state index in [2.05, 4.69) is 15.2 Å². The van der Waals surface area contributed by atoms with Gasteiger partial charge in [0.25, 0.3) is 5.56 Å². The Morgan fingerprint density at radius 1 is 0.939 bits per heavy atom. The lowest BCUT2D eigenvalue weighted by atomic mass is 9.89. The predicted molar refractivity (Wildman–Crippen MR) is 131 cm³/mol. The Balaban J connectivity index is 1.43. The minimum Gasteiger partial charge on any atom is -0.394 e. The Hall–Kier alpha value is -1.96. The molecule has 7 heteroatoms. The van der Waals surface area contributed by atoms with Gasteiger partial charge in [-0.3, -0.25) is 9.69 Å². The Kier molecular flexibility index (Phi) is 6.99. The molecule has 33 heavy (non-hydrogen) atoms. The highest BCUT2D eigenvalue weighted by molar-refractivity contribution is 5.76. The summed E-state index contributed by atoms with van der Waals surface area (Å²) in [4.78, 5) is 21.0. The number of para-hydroxylation sites is 2. The van der Waals surface area contributed by atoms with Gasteiger partial charge in [-0.2, -0.15) is 0 Å². The maximum atomic E-state index is 13.6. The number of rotatable bonds is 6. The molecule has 2 bridgehead atoms. The summed E-state index contributed by atoms with van der Waals surface area (Å²) in [6, 6.07) is 9.85. The van der Waals surface area contributed by atoms with E-state index in [0.29, 0.717) is 18.1 Å². The van der Waals surface area contributed by atoms with E-state index >= 15 is 0 Å². The van der Waals surface area contributed by atoms with Gasteiger partial charge in [0.15, 0.2) is 5.82 Å². The van der Waals surface area contributed by atoms with Crippen LogP contribution < -0.4 is 10.9 Å². The van der Waals surface area contributed by atoms with Crippen LogP contribution in [0.15, 0.2) is 29.1 Å². The normalized spacial score (nSPS) is 27.9. The number of aromatic nitrogens is 2. The molecule has 1 saturated carbocycles. The molecule has 4 atom stereocenters. The number of fused-ring (bicyclic) bond motifs is 3. The molecule has 3 heterocycles. The summed E-state index contributed by atoms with van der Waals surface area (Å²) in [5.41, 5.74) is 1.55. The van der Waals surface area contributed by atoms with Crippen LogP contribution in [0.4, 0.5) is 5.82 Å². The molecule has 3 N–H and O–H groups in total. The lowest BCUT2D eigenvalue weighted by Gasteiger charge is -2.45. The number of nitrogens with one attached hydrogen (secondary N) is 1. The van der Waals surface area contributed by atoms with Crippen molar-refractivity contribution < 1.29 is 10.2 Å². The van der Waals surface area contributed by atoms with Gasteiger partial charge in [-0.25, -0.2) is 4.98 Å². The van der Waals surface area contributed by atoms with Gasteiger partial charge in [0.05, 0.1) is 23.7 Å². The van der Waals surface area contributed by atoms with Gasteiger partial charge in [-0.1, -0.05) is 44.2 Å². The second-order valence-electron chi connectivity index (χ2n) is 10.3. The fourth-order valence-corrected chi connectivity index (χ4v) is 6.64. The molecule has 2 aromatic rings. The monoisotopic (exact) mass is 454 g/mol. The minimum atomic E-state index is -0.922. The van der Waals surface area contributed by atoms with Crippen LogP contribution in [0.1, 0.15) is 76.7 Å². The molecule has 7 nitrogen and oxygen atoms in total. The van der Waals surface area contributed by atoms with Gasteiger partial charge in [0.1, 0.15) is 0 Å². The molecule has 0 amide bonds. The van der Waals surface area contributed by atoms with Gasteiger partial charge >= 0.3 is 0 Å². The second-order valence-corrected chi connectivity index (χ2v) is 10.3. The molecule has 3 fully saturated rings. The summed E-state index contributed by atoms with van der Waals surface area (Å²) in [6.07, 6.45) is 13.1. The Labute approximate surface area is 195 Å². The SMILES string of the molecule is O=c1c(NC[C@@H](O)CO)nc2ccccc2n1[C@@H]1C[C@H]2CC[C@@H](C1)N2C1CCCCCCC1. The number of benzene rings is 1. The zero-order valence-electron chi connectivity index (χ0n) is 19.5. The van der Waals surface area contributed by atoms with Crippen LogP contribution in [-0.4, -0.2) is 62.0 Å². The van der Waals surface area contributed by atoms with E-state index in [4.69, 9.17) is 5.11 Å². The fourth-order valence-electron chi connectivity index (χ4n) is 6.64. The van der Waals surface area contributed by atoms with Crippen molar-refractivity contribution in [2.45, 2.75) is 101 Å². The van der Waals surface area contributed by atoms with Crippen LogP contribution in [0.3, 0.4) is 0 Å². The second kappa shape index (κ2) is 10.1. The van der Waals surface area contributed by atoms with Gasteiger partial charge in [0.2, 0.25) is 0 Å². The van der Waals surface area contributed by atoms with Crippen molar-refractivity contribution in [3.63, 3.8) is 0 Å². The van der Waals surface area contributed by atoms with Crippen molar-refractivity contribution >= 4 is 16.9 Å². The standard InChI is InChI=1S/C26H38N4O3/c31-17-22(32)16-27-25-26(33)30(24-11-7-6-10-23(24)28-25)21-14-19-12-13-20(15-21)29(19)18-8-4-2-1-3-5-9-18/h6-7,10-11,18-22,31-32H,1-5,8-9,12-17H2,(H,27,28)/t19-,20+,21-,22-/m1/s1. The van der Waals surface area contributed by atoms with Crippen LogP contribution in [0, 0.1) is 0 Å². The van der Waals surface area contributed by atoms with E-state index in [9.17, 15) is 9.90 Å². The van der Waals surface area contributed by atoms with Crippen LogP contribution in [0.2, 0.25) is 0 Å². The number of anilines is 1. The number of aliphatic hydroxyl groups is 2. The van der Waals surface area contributed by atoms with Gasteiger partial charge < -0.3 is 20.1 Å². The van der Waals surface area contributed by atoms with Gasteiger partial charge in [0, 0.05) is 30.7 Å². The first-order valence-corrected chi connectivity index (χ1v) is 13.0. The lowest BCUT2D eigenvalue weighted by Crippen LogP contribution is -2.50. The summed E-state index contributed by atoms with van der Waals surface area (Å²) >= 11 is 0. The molecule has 1 aromatic heterocycles. The van der Waals surface area contributed by atoms with Crippen molar-refractivity contribution in [1.29, 1.82) is 0 Å². The molecule has 1 aliphatic carbocycles. The van der Waals surface area contributed by atoms with Crippen molar-refractivity contribution in [2.24, 2.45) is 0 Å². The van der Waals surface area contributed by atoms with E-state index in [0.717, 1.165) is 23.9 Å². The number of aliphatic hydroxyl groups excluding tert-OH is 2. The quantitative estimate of drug-likeness (QED) is 0.619. The summed E-state index contributed by atoms with van der Waals surface area (Å²) < 4.78 is 1.97. The Bertz CT molecular complexity index is 987. The van der Waals surface area contributed by atoms with Crippen molar-refractivity contribution in [1.82, 2.24) is 14.5 Å².